The van der Waals surface area contributed by atoms with Crippen LogP contribution in [0.25, 0.3) is 6.08 Å². The second kappa shape index (κ2) is 7.02. The van der Waals surface area contributed by atoms with Gasteiger partial charge in [-0.3, -0.25) is 9.59 Å². The number of rotatable bonds is 6. The van der Waals surface area contributed by atoms with Crippen LogP contribution in [0, 0.1) is 0 Å². The van der Waals surface area contributed by atoms with Gasteiger partial charge in [0.25, 0.3) is 5.91 Å². The molecule has 1 atom stereocenters. The van der Waals surface area contributed by atoms with Crippen LogP contribution >= 0.6 is 11.6 Å². The van der Waals surface area contributed by atoms with E-state index < -0.39 is 17.4 Å². The Morgan fingerprint density at radius 1 is 1.48 bits per heavy atom. The van der Waals surface area contributed by atoms with Gasteiger partial charge >= 0.3 is 5.97 Å². The van der Waals surface area contributed by atoms with Crippen LogP contribution in [0.2, 0.25) is 5.02 Å². The van der Waals surface area contributed by atoms with Gasteiger partial charge in [0.15, 0.2) is 0 Å². The third-order valence-corrected chi connectivity index (χ3v) is 3.63. The van der Waals surface area contributed by atoms with Crippen LogP contribution < -0.4 is 10.1 Å². The predicted molar refractivity (Wildman–Crippen MR) is 85.6 cm³/mol. The van der Waals surface area contributed by atoms with Gasteiger partial charge in [-0.05, 0) is 31.2 Å². The third kappa shape index (κ3) is 4.46. The van der Waals surface area contributed by atoms with E-state index in [9.17, 15) is 9.59 Å². The molecule has 1 amide bonds. The van der Waals surface area contributed by atoms with Crippen LogP contribution in [0.5, 0.6) is 5.75 Å². The van der Waals surface area contributed by atoms with Gasteiger partial charge in [0.2, 0.25) is 0 Å². The van der Waals surface area contributed by atoms with Crippen LogP contribution in [0.3, 0.4) is 0 Å². The largest absolute Gasteiger partial charge is 0.488 e. The van der Waals surface area contributed by atoms with Gasteiger partial charge < -0.3 is 19.9 Å². The summed E-state index contributed by atoms with van der Waals surface area (Å²) in [6.45, 7) is 1.82. The first kappa shape index (κ1) is 17.3. The van der Waals surface area contributed by atoms with Crippen LogP contribution in [0.15, 0.2) is 23.8 Å². The number of hydrogen-bond acceptors (Lipinski definition) is 4. The average molecular weight is 340 g/mol. The molecule has 23 heavy (non-hydrogen) atoms. The highest BCUT2D eigenvalue weighted by atomic mass is 35.5. The Bertz CT molecular complexity index is 658. The summed E-state index contributed by atoms with van der Waals surface area (Å²) < 4.78 is 10.6. The van der Waals surface area contributed by atoms with E-state index >= 15 is 0 Å². The summed E-state index contributed by atoms with van der Waals surface area (Å²) in [5, 5.41) is 12.3. The normalized spacial score (nSPS) is 15.7. The number of benzene rings is 1. The Balaban J connectivity index is 2.18. The molecule has 2 rings (SSSR count). The van der Waals surface area contributed by atoms with E-state index in [2.05, 4.69) is 5.32 Å². The summed E-state index contributed by atoms with van der Waals surface area (Å²) in [6.07, 6.45) is 1.44. The number of ether oxygens (including phenoxy) is 2. The van der Waals surface area contributed by atoms with Gasteiger partial charge in [-0.1, -0.05) is 11.6 Å². The van der Waals surface area contributed by atoms with E-state index in [1.165, 1.54) is 7.11 Å². The van der Waals surface area contributed by atoms with Crippen molar-refractivity contribution in [1.82, 2.24) is 5.32 Å². The summed E-state index contributed by atoms with van der Waals surface area (Å²) in [5.41, 5.74) is 0.0979. The monoisotopic (exact) mass is 339 g/mol. The number of carbonyl (C=O) groups excluding carboxylic acids is 1. The summed E-state index contributed by atoms with van der Waals surface area (Å²) >= 11 is 5.94. The average Bonchev–Trinajstić information content (AvgIpc) is 2.45. The molecular formula is C16H18ClNO5. The van der Waals surface area contributed by atoms with Crippen molar-refractivity contribution >= 4 is 29.6 Å². The first-order chi connectivity index (χ1) is 10.8. The summed E-state index contributed by atoms with van der Waals surface area (Å²) in [5.74, 6) is -0.761. The van der Waals surface area contributed by atoms with Gasteiger partial charge in [0.1, 0.15) is 12.4 Å². The van der Waals surface area contributed by atoms with E-state index in [0.717, 1.165) is 0 Å². The number of methoxy groups -OCH3 is 1. The van der Waals surface area contributed by atoms with E-state index in [0.29, 0.717) is 21.9 Å². The molecule has 0 saturated heterocycles. The Hall–Kier alpha value is -2.05. The van der Waals surface area contributed by atoms with Gasteiger partial charge in [-0.2, -0.15) is 0 Å². The maximum Gasteiger partial charge on any atom is 0.305 e. The minimum Gasteiger partial charge on any atom is -0.488 e. The lowest BCUT2D eigenvalue weighted by atomic mass is 9.97. The van der Waals surface area contributed by atoms with Gasteiger partial charge in [-0.15, -0.1) is 0 Å². The van der Waals surface area contributed by atoms with Crippen LogP contribution in [0.1, 0.15) is 18.9 Å². The van der Waals surface area contributed by atoms with Crippen LogP contribution in [-0.4, -0.2) is 42.8 Å². The maximum atomic E-state index is 12.4. The van der Waals surface area contributed by atoms with Crippen molar-refractivity contribution in [2.75, 3.05) is 20.3 Å². The minimum absolute atomic E-state index is 0.0849. The molecule has 1 aromatic carbocycles. The molecule has 1 unspecified atom stereocenters. The molecule has 124 valence electrons. The smallest absolute Gasteiger partial charge is 0.305 e. The SMILES string of the molecule is COCC(C)(CC(=O)O)NC(=O)C1=Cc2cc(Cl)ccc2OC1. The van der Waals surface area contributed by atoms with Crippen molar-refractivity contribution in [2.45, 2.75) is 18.9 Å². The first-order valence-corrected chi connectivity index (χ1v) is 7.37. The third-order valence-electron chi connectivity index (χ3n) is 3.40. The van der Waals surface area contributed by atoms with E-state index in [1.54, 1.807) is 31.2 Å². The Morgan fingerprint density at radius 2 is 2.22 bits per heavy atom. The van der Waals surface area contributed by atoms with Crippen LogP contribution in [-0.2, 0) is 14.3 Å². The molecule has 0 saturated carbocycles. The number of carboxylic acids is 1. The maximum absolute atomic E-state index is 12.4. The van der Waals surface area contributed by atoms with Crippen molar-refractivity contribution in [1.29, 1.82) is 0 Å². The Morgan fingerprint density at radius 3 is 2.87 bits per heavy atom. The number of aliphatic carboxylic acids is 1. The number of halogens is 1. The highest BCUT2D eigenvalue weighted by Gasteiger charge is 2.31. The topological polar surface area (TPSA) is 84.9 Å². The van der Waals surface area contributed by atoms with Crippen molar-refractivity contribution in [2.24, 2.45) is 0 Å². The summed E-state index contributed by atoms with van der Waals surface area (Å²) in [6, 6.07) is 5.15. The molecular weight excluding hydrogens is 322 g/mol. The molecule has 1 aliphatic heterocycles. The second-order valence-electron chi connectivity index (χ2n) is 5.66. The quantitative estimate of drug-likeness (QED) is 0.829. The zero-order chi connectivity index (χ0) is 17.0. The number of nitrogens with one attached hydrogen (secondary N) is 1. The minimum atomic E-state index is -1.02. The summed E-state index contributed by atoms with van der Waals surface area (Å²) in [4.78, 5) is 23.4. The zero-order valence-electron chi connectivity index (χ0n) is 12.9. The number of hydrogen-bond donors (Lipinski definition) is 2. The van der Waals surface area contributed by atoms with Crippen molar-refractivity contribution in [3.63, 3.8) is 0 Å². The van der Waals surface area contributed by atoms with E-state index in [1.807, 2.05) is 0 Å². The molecule has 0 aromatic heterocycles. The Labute approximate surface area is 139 Å². The molecule has 7 heteroatoms. The van der Waals surface area contributed by atoms with Crippen molar-refractivity contribution in [3.8, 4) is 5.75 Å². The molecule has 2 N–H and O–H groups in total. The van der Waals surface area contributed by atoms with Crippen molar-refractivity contribution in [3.05, 3.63) is 34.4 Å². The highest BCUT2D eigenvalue weighted by molar-refractivity contribution is 6.30. The van der Waals surface area contributed by atoms with E-state index in [4.69, 9.17) is 26.2 Å². The lowest BCUT2D eigenvalue weighted by Crippen LogP contribution is -2.51. The number of carboxylic acid groups (broad SMARTS) is 1. The molecule has 1 aromatic rings. The van der Waals surface area contributed by atoms with Gasteiger partial charge in [0, 0.05) is 17.7 Å². The fourth-order valence-corrected chi connectivity index (χ4v) is 2.60. The van der Waals surface area contributed by atoms with Gasteiger partial charge in [-0.25, -0.2) is 0 Å². The fraction of sp³-hybridized carbons (Fsp3) is 0.375. The molecule has 0 spiro atoms. The molecule has 0 radical (unpaired) electrons. The standard InChI is InChI=1S/C16H18ClNO5/c1-16(9-22-2,7-14(19)20)18-15(21)11-5-10-6-12(17)3-4-13(10)23-8-11/h3-6H,7-9H2,1-2H3,(H,18,21)(H,19,20). The second-order valence-corrected chi connectivity index (χ2v) is 6.10. The lowest BCUT2D eigenvalue weighted by Gasteiger charge is -2.29. The molecule has 0 aliphatic carbocycles. The number of carbonyl (C=O) groups is 2. The molecule has 0 fully saturated rings. The molecule has 1 aliphatic rings. The van der Waals surface area contributed by atoms with Crippen LogP contribution in [0.4, 0.5) is 0 Å². The van der Waals surface area contributed by atoms with Gasteiger partial charge in [0.05, 0.1) is 24.1 Å². The summed E-state index contributed by atoms with van der Waals surface area (Å²) in [7, 11) is 1.45. The predicted octanol–water partition coefficient (Wildman–Crippen LogP) is 2.11. The Kier molecular flexibility index (Phi) is 5.28. The lowest BCUT2D eigenvalue weighted by molar-refractivity contribution is -0.139. The highest BCUT2D eigenvalue weighted by Crippen LogP contribution is 2.29. The molecule has 1 heterocycles. The number of amides is 1. The fourth-order valence-electron chi connectivity index (χ4n) is 2.42. The molecule has 0 bridgehead atoms. The van der Waals surface area contributed by atoms with E-state index in [-0.39, 0.29) is 19.6 Å². The zero-order valence-corrected chi connectivity index (χ0v) is 13.6. The van der Waals surface area contributed by atoms with Crippen molar-refractivity contribution < 1.29 is 24.2 Å². The first-order valence-electron chi connectivity index (χ1n) is 6.99. The number of fused-ring (bicyclic) bond motifs is 1. The molecule has 6 nitrogen and oxygen atoms in total.